The number of rotatable bonds is 0. The molecule has 0 aliphatic carbocycles. The smallest absolute Gasteiger partial charge is 0.262 e. The lowest BCUT2D eigenvalue weighted by atomic mass is 9.34. The molecule has 0 aromatic heterocycles. The van der Waals surface area contributed by atoms with Crippen molar-refractivity contribution in [2.75, 3.05) is 0 Å². The molecular weight excluding hydrogens is 331 g/mol. The highest BCUT2D eigenvalue weighted by atomic mass is 16.5. The second kappa shape index (κ2) is 4.63. The van der Waals surface area contributed by atoms with Gasteiger partial charge in [-0.25, -0.2) is 0 Å². The quantitative estimate of drug-likeness (QED) is 0.386. The zero-order valence-electron chi connectivity index (χ0n) is 14.4. The monoisotopic (exact) mass is 344 g/mol. The molecule has 4 aromatic carbocycles. The third kappa shape index (κ3) is 1.58. The molecule has 0 saturated heterocycles. The van der Waals surface area contributed by atoms with Gasteiger partial charge < -0.3 is 9.47 Å². The van der Waals surface area contributed by atoms with Gasteiger partial charge in [0.1, 0.15) is 23.0 Å². The first-order valence-electron chi connectivity index (χ1n) is 9.24. The van der Waals surface area contributed by atoms with E-state index in [-0.39, 0.29) is 6.71 Å². The van der Waals surface area contributed by atoms with Crippen LogP contribution in [0.25, 0.3) is 22.3 Å². The molecule has 124 valence electrons. The summed E-state index contributed by atoms with van der Waals surface area (Å²) >= 11 is 0. The minimum absolute atomic E-state index is 0.128. The van der Waals surface area contributed by atoms with Crippen LogP contribution in [0.1, 0.15) is 0 Å². The molecule has 4 aromatic rings. The Hall–Kier alpha value is -3.46. The summed E-state index contributed by atoms with van der Waals surface area (Å²) in [6.45, 7) is 0.128. The van der Waals surface area contributed by atoms with Gasteiger partial charge in [-0.2, -0.15) is 0 Å². The third-order valence-electron chi connectivity index (χ3n) is 5.97. The molecule has 0 unspecified atom stereocenters. The van der Waals surface area contributed by atoms with Crippen LogP contribution in [-0.4, -0.2) is 6.71 Å². The topological polar surface area (TPSA) is 18.5 Å². The zero-order valence-corrected chi connectivity index (χ0v) is 14.4. The molecule has 27 heavy (non-hydrogen) atoms. The van der Waals surface area contributed by atoms with Crippen molar-refractivity contribution in [3.63, 3.8) is 0 Å². The molecule has 0 saturated carbocycles. The van der Waals surface area contributed by atoms with E-state index in [9.17, 15) is 0 Å². The number of hydrogen-bond acceptors (Lipinski definition) is 2. The molecule has 0 bridgehead atoms. The van der Waals surface area contributed by atoms with Crippen molar-refractivity contribution in [3.05, 3.63) is 78.9 Å². The van der Waals surface area contributed by atoms with Crippen LogP contribution in [0.15, 0.2) is 78.9 Å². The molecule has 3 heterocycles. The SMILES string of the molecule is c1cc2c3c(c1)Oc1cccc4c1B3c1c(cccc1-c1ccccc1-4)O2. The molecule has 0 atom stereocenters. The van der Waals surface area contributed by atoms with Gasteiger partial charge in [0.15, 0.2) is 0 Å². The molecule has 0 amide bonds. The van der Waals surface area contributed by atoms with Crippen LogP contribution in [-0.2, 0) is 0 Å². The number of ether oxygens (including phenoxy) is 2. The summed E-state index contributed by atoms with van der Waals surface area (Å²) in [4.78, 5) is 0. The maximum atomic E-state index is 6.34. The summed E-state index contributed by atoms with van der Waals surface area (Å²) in [5.74, 6) is 3.69. The molecule has 0 N–H and O–H groups in total. The lowest BCUT2D eigenvalue weighted by Crippen LogP contribution is -2.58. The Morgan fingerprint density at radius 2 is 0.815 bits per heavy atom. The lowest BCUT2D eigenvalue weighted by molar-refractivity contribution is 0.465. The van der Waals surface area contributed by atoms with Crippen molar-refractivity contribution >= 4 is 23.1 Å². The van der Waals surface area contributed by atoms with Gasteiger partial charge in [0.2, 0.25) is 0 Å². The second-order valence-electron chi connectivity index (χ2n) is 7.29. The summed E-state index contributed by atoms with van der Waals surface area (Å²) in [7, 11) is 0. The first kappa shape index (κ1) is 13.7. The maximum Gasteiger partial charge on any atom is 0.262 e. The molecule has 3 heteroatoms. The van der Waals surface area contributed by atoms with Crippen molar-refractivity contribution in [3.8, 4) is 45.3 Å². The number of fused-ring (bicyclic) bond motifs is 3. The first-order chi connectivity index (χ1) is 13.4. The molecular formula is C24H13BO2. The van der Waals surface area contributed by atoms with E-state index in [1.54, 1.807) is 0 Å². The molecule has 0 fully saturated rings. The molecule has 3 aliphatic heterocycles. The largest absolute Gasteiger partial charge is 0.458 e. The molecule has 0 spiro atoms. The van der Waals surface area contributed by atoms with Gasteiger partial charge in [0.25, 0.3) is 6.71 Å². The van der Waals surface area contributed by atoms with Crippen molar-refractivity contribution in [1.82, 2.24) is 0 Å². The summed E-state index contributed by atoms with van der Waals surface area (Å²) in [5.41, 5.74) is 8.64. The van der Waals surface area contributed by atoms with Crippen LogP contribution in [0, 0.1) is 0 Å². The van der Waals surface area contributed by atoms with E-state index in [1.807, 2.05) is 18.2 Å². The number of benzene rings is 4. The summed E-state index contributed by atoms with van der Waals surface area (Å²) < 4.78 is 12.7. The predicted octanol–water partition coefficient (Wildman–Crippen LogP) is 4.06. The molecule has 0 radical (unpaired) electrons. The predicted molar refractivity (Wildman–Crippen MR) is 109 cm³/mol. The van der Waals surface area contributed by atoms with Gasteiger partial charge in [0, 0.05) is 5.46 Å². The van der Waals surface area contributed by atoms with Crippen LogP contribution >= 0.6 is 0 Å². The summed E-state index contributed by atoms with van der Waals surface area (Å²) in [5, 5.41) is 0. The van der Waals surface area contributed by atoms with E-state index in [0.717, 1.165) is 28.5 Å². The maximum absolute atomic E-state index is 6.34. The van der Waals surface area contributed by atoms with E-state index in [4.69, 9.17) is 9.47 Å². The second-order valence-corrected chi connectivity index (χ2v) is 7.29. The average molecular weight is 344 g/mol. The van der Waals surface area contributed by atoms with Crippen LogP contribution in [0.2, 0.25) is 0 Å². The highest BCUT2D eigenvalue weighted by Crippen LogP contribution is 2.42. The third-order valence-corrected chi connectivity index (χ3v) is 5.97. The van der Waals surface area contributed by atoms with E-state index in [2.05, 4.69) is 60.7 Å². The fraction of sp³-hybridized carbons (Fsp3) is 0. The lowest BCUT2D eigenvalue weighted by Gasteiger charge is -2.33. The molecule has 2 nitrogen and oxygen atoms in total. The Bertz CT molecular complexity index is 1200. The Morgan fingerprint density at radius 3 is 1.33 bits per heavy atom. The van der Waals surface area contributed by atoms with Gasteiger partial charge in [-0.15, -0.1) is 0 Å². The zero-order chi connectivity index (χ0) is 17.5. The average Bonchev–Trinajstić information content (AvgIpc) is 2.84. The minimum Gasteiger partial charge on any atom is -0.458 e. The van der Waals surface area contributed by atoms with E-state index >= 15 is 0 Å². The standard InChI is InChI=1S/C24H13BO2/c1-2-7-15-14(6-1)16-8-3-10-18-22(16)25-23-17(15)9-4-11-19(23)27-21-13-5-12-20(26-18)24(21)25/h1-13H. The van der Waals surface area contributed by atoms with Gasteiger partial charge in [0.05, 0.1) is 0 Å². The first-order valence-corrected chi connectivity index (χ1v) is 9.24. The van der Waals surface area contributed by atoms with E-state index < -0.39 is 0 Å². The van der Waals surface area contributed by atoms with Crippen molar-refractivity contribution < 1.29 is 9.47 Å². The van der Waals surface area contributed by atoms with Crippen LogP contribution in [0.3, 0.4) is 0 Å². The Morgan fingerprint density at radius 1 is 0.407 bits per heavy atom. The van der Waals surface area contributed by atoms with E-state index in [1.165, 1.54) is 33.2 Å². The van der Waals surface area contributed by atoms with Crippen LogP contribution in [0.5, 0.6) is 23.0 Å². The summed E-state index contributed by atoms with van der Waals surface area (Å²) in [6, 6.07) is 27.5. The van der Waals surface area contributed by atoms with Crippen LogP contribution in [0.4, 0.5) is 0 Å². The van der Waals surface area contributed by atoms with Crippen molar-refractivity contribution in [1.29, 1.82) is 0 Å². The normalized spacial score (nSPS) is 13.7. The van der Waals surface area contributed by atoms with E-state index in [0.29, 0.717) is 0 Å². The fourth-order valence-corrected chi connectivity index (χ4v) is 4.94. The van der Waals surface area contributed by atoms with Crippen molar-refractivity contribution in [2.45, 2.75) is 0 Å². The number of hydrogen-bond donors (Lipinski definition) is 0. The van der Waals surface area contributed by atoms with Gasteiger partial charge >= 0.3 is 0 Å². The van der Waals surface area contributed by atoms with Crippen molar-refractivity contribution in [2.24, 2.45) is 0 Å². The fourth-order valence-electron chi connectivity index (χ4n) is 4.94. The molecule has 3 aliphatic rings. The highest BCUT2D eigenvalue weighted by Gasteiger charge is 2.44. The molecule has 7 rings (SSSR count). The Balaban J connectivity index is 1.74. The highest BCUT2D eigenvalue weighted by molar-refractivity contribution is 7.00. The van der Waals surface area contributed by atoms with Gasteiger partial charge in [-0.3, -0.25) is 0 Å². The van der Waals surface area contributed by atoms with Gasteiger partial charge in [-0.05, 0) is 57.4 Å². The summed E-state index contributed by atoms with van der Waals surface area (Å²) in [6.07, 6.45) is 0. The Kier molecular flexibility index (Phi) is 2.35. The van der Waals surface area contributed by atoms with Gasteiger partial charge in [-0.1, -0.05) is 54.6 Å². The Labute approximate surface area is 157 Å². The van der Waals surface area contributed by atoms with Crippen LogP contribution < -0.4 is 25.9 Å². The minimum atomic E-state index is 0.128.